The Morgan fingerprint density at radius 2 is 1.88 bits per heavy atom. The number of nitrogens with one attached hydrogen (secondary N) is 1. The maximum atomic E-state index is 12.4. The number of carbonyl (C=O) groups is 2. The zero-order valence-electron chi connectivity index (χ0n) is 15.5. The van der Waals surface area contributed by atoms with Crippen LogP contribution in [0.3, 0.4) is 0 Å². The van der Waals surface area contributed by atoms with Gasteiger partial charge in [-0.1, -0.05) is 32.8 Å². The summed E-state index contributed by atoms with van der Waals surface area (Å²) in [5, 5.41) is 3.09. The van der Waals surface area contributed by atoms with E-state index < -0.39 is 0 Å². The normalized spacial score (nSPS) is 16.4. The van der Waals surface area contributed by atoms with Gasteiger partial charge in [0.05, 0.1) is 6.04 Å². The number of carbonyl (C=O) groups excluding carboxylic acids is 2. The van der Waals surface area contributed by atoms with Crippen molar-refractivity contribution in [2.24, 2.45) is 5.92 Å². The van der Waals surface area contributed by atoms with E-state index in [9.17, 15) is 9.59 Å². The molecular weight excluding hydrogens is 314 g/mol. The summed E-state index contributed by atoms with van der Waals surface area (Å²) < 4.78 is 0. The molecule has 5 heteroatoms. The molecule has 0 saturated carbocycles. The van der Waals surface area contributed by atoms with Crippen LogP contribution in [0.15, 0.2) is 24.5 Å². The average molecular weight is 345 g/mol. The topological polar surface area (TPSA) is 62.3 Å². The maximum Gasteiger partial charge on any atom is 0.223 e. The third kappa shape index (κ3) is 6.85. The van der Waals surface area contributed by atoms with E-state index >= 15 is 0 Å². The Balaban J connectivity index is 1.84. The molecule has 1 aromatic rings. The smallest absolute Gasteiger partial charge is 0.223 e. The van der Waals surface area contributed by atoms with Crippen LogP contribution in [0.1, 0.15) is 70.4 Å². The average Bonchev–Trinajstić information content (AvgIpc) is 2.89. The second-order valence-electron chi connectivity index (χ2n) is 7.33. The van der Waals surface area contributed by atoms with Crippen molar-refractivity contribution >= 4 is 11.8 Å². The highest BCUT2D eigenvalue weighted by Gasteiger charge is 2.19. The Labute approximate surface area is 151 Å². The Morgan fingerprint density at radius 3 is 2.48 bits per heavy atom. The summed E-state index contributed by atoms with van der Waals surface area (Å²) in [5.74, 6) is 0.515. The predicted molar refractivity (Wildman–Crippen MR) is 98.9 cm³/mol. The van der Waals surface area contributed by atoms with Crippen LogP contribution in [0, 0.1) is 5.92 Å². The predicted octanol–water partition coefficient (Wildman–Crippen LogP) is 3.47. The van der Waals surface area contributed by atoms with Crippen LogP contribution < -0.4 is 5.32 Å². The van der Waals surface area contributed by atoms with Gasteiger partial charge < -0.3 is 10.2 Å². The number of amides is 2. The molecule has 2 amide bonds. The Kier molecular flexibility index (Phi) is 7.89. The lowest BCUT2D eigenvalue weighted by molar-refractivity contribution is -0.133. The first-order valence-corrected chi connectivity index (χ1v) is 9.53. The number of likely N-dealkylation sites (tertiary alicyclic amines) is 1. The van der Waals surface area contributed by atoms with E-state index in [-0.39, 0.29) is 24.3 Å². The van der Waals surface area contributed by atoms with E-state index in [0.717, 1.165) is 37.9 Å². The van der Waals surface area contributed by atoms with Gasteiger partial charge in [-0.05, 0) is 36.8 Å². The number of hydrogen-bond donors (Lipinski definition) is 1. The molecule has 0 spiro atoms. The monoisotopic (exact) mass is 345 g/mol. The van der Waals surface area contributed by atoms with Gasteiger partial charge in [0.15, 0.2) is 0 Å². The van der Waals surface area contributed by atoms with Crippen molar-refractivity contribution < 1.29 is 9.59 Å². The van der Waals surface area contributed by atoms with Gasteiger partial charge in [0, 0.05) is 38.3 Å². The Hall–Kier alpha value is -1.91. The molecule has 0 bridgehead atoms. The second kappa shape index (κ2) is 10.2. The molecule has 1 N–H and O–H groups in total. The zero-order chi connectivity index (χ0) is 18.1. The minimum Gasteiger partial charge on any atom is -0.349 e. The van der Waals surface area contributed by atoms with Crippen molar-refractivity contribution in [1.82, 2.24) is 15.2 Å². The molecule has 1 aromatic heterocycles. The molecule has 1 atom stereocenters. The van der Waals surface area contributed by atoms with Crippen LogP contribution in [0.4, 0.5) is 0 Å². The first-order chi connectivity index (χ1) is 12.1. The van der Waals surface area contributed by atoms with Crippen LogP contribution >= 0.6 is 0 Å². The van der Waals surface area contributed by atoms with E-state index in [1.807, 2.05) is 17.0 Å². The van der Waals surface area contributed by atoms with Crippen molar-refractivity contribution in [3.05, 3.63) is 30.1 Å². The number of nitrogens with zero attached hydrogens (tertiary/aromatic N) is 2. The highest BCUT2D eigenvalue weighted by atomic mass is 16.2. The fourth-order valence-electron chi connectivity index (χ4n) is 3.30. The summed E-state index contributed by atoms with van der Waals surface area (Å²) in [5.41, 5.74) is 1.02. The highest BCUT2D eigenvalue weighted by Crippen LogP contribution is 2.20. The highest BCUT2D eigenvalue weighted by molar-refractivity contribution is 5.84. The summed E-state index contributed by atoms with van der Waals surface area (Å²) in [4.78, 5) is 30.8. The zero-order valence-corrected chi connectivity index (χ0v) is 15.5. The Bertz CT molecular complexity index is 537. The van der Waals surface area contributed by atoms with E-state index in [0.29, 0.717) is 12.3 Å². The van der Waals surface area contributed by atoms with Gasteiger partial charge in [0.25, 0.3) is 0 Å². The second-order valence-corrected chi connectivity index (χ2v) is 7.33. The van der Waals surface area contributed by atoms with E-state index in [2.05, 4.69) is 24.1 Å². The lowest BCUT2D eigenvalue weighted by atomic mass is 9.98. The van der Waals surface area contributed by atoms with Crippen molar-refractivity contribution in [2.75, 3.05) is 13.1 Å². The Morgan fingerprint density at radius 1 is 1.16 bits per heavy atom. The molecule has 138 valence electrons. The molecule has 0 aliphatic carbocycles. The molecule has 2 rings (SSSR count). The summed E-state index contributed by atoms with van der Waals surface area (Å²) in [6.07, 6.45) is 9.51. The quantitative estimate of drug-likeness (QED) is 0.823. The summed E-state index contributed by atoms with van der Waals surface area (Å²) >= 11 is 0. The van der Waals surface area contributed by atoms with Crippen LogP contribution in [0.2, 0.25) is 0 Å². The third-order valence-corrected chi connectivity index (χ3v) is 4.65. The minimum atomic E-state index is -0.0577. The van der Waals surface area contributed by atoms with Crippen molar-refractivity contribution in [2.45, 2.75) is 64.8 Å². The molecule has 2 heterocycles. The van der Waals surface area contributed by atoms with Crippen molar-refractivity contribution in [3.8, 4) is 0 Å². The minimum absolute atomic E-state index is 0.0468. The molecule has 0 radical (unpaired) electrons. The fraction of sp³-hybridized carbons (Fsp3) is 0.650. The molecule has 5 nitrogen and oxygen atoms in total. The number of hydrogen-bond acceptors (Lipinski definition) is 3. The largest absolute Gasteiger partial charge is 0.349 e. The number of pyridine rings is 1. The molecule has 1 fully saturated rings. The van der Waals surface area contributed by atoms with Crippen LogP contribution in [0.5, 0.6) is 0 Å². The summed E-state index contributed by atoms with van der Waals surface area (Å²) in [6, 6.07) is 3.83. The molecule has 1 unspecified atom stereocenters. The SMILES string of the molecule is CC(C)CC(NC(=O)CCC(=O)N1CCCCCC1)c1cccnc1. The van der Waals surface area contributed by atoms with Crippen molar-refractivity contribution in [3.63, 3.8) is 0 Å². The standard InChI is InChI=1S/C20H31N3O2/c1-16(2)14-18(17-8-7-11-21-15-17)22-19(24)9-10-20(25)23-12-5-3-4-6-13-23/h7-8,11,15-16,18H,3-6,9-10,12-14H2,1-2H3,(H,22,24). The molecular formula is C20H31N3O2. The fourth-order valence-corrected chi connectivity index (χ4v) is 3.30. The van der Waals surface area contributed by atoms with Gasteiger partial charge in [0.2, 0.25) is 11.8 Å². The maximum absolute atomic E-state index is 12.4. The van der Waals surface area contributed by atoms with E-state index in [4.69, 9.17) is 0 Å². The van der Waals surface area contributed by atoms with Gasteiger partial charge >= 0.3 is 0 Å². The van der Waals surface area contributed by atoms with Gasteiger partial charge in [-0.2, -0.15) is 0 Å². The van der Waals surface area contributed by atoms with Gasteiger partial charge in [0.1, 0.15) is 0 Å². The lowest BCUT2D eigenvalue weighted by Crippen LogP contribution is -2.34. The van der Waals surface area contributed by atoms with E-state index in [1.54, 1.807) is 12.4 Å². The number of rotatable bonds is 7. The third-order valence-electron chi connectivity index (χ3n) is 4.65. The van der Waals surface area contributed by atoms with Crippen LogP contribution in [-0.4, -0.2) is 34.8 Å². The van der Waals surface area contributed by atoms with Gasteiger partial charge in [-0.25, -0.2) is 0 Å². The summed E-state index contributed by atoms with van der Waals surface area (Å²) in [7, 11) is 0. The molecule has 0 aromatic carbocycles. The first kappa shape index (κ1) is 19.4. The molecule has 1 aliphatic rings. The molecule has 1 saturated heterocycles. The van der Waals surface area contributed by atoms with Crippen LogP contribution in [-0.2, 0) is 9.59 Å². The van der Waals surface area contributed by atoms with Crippen LogP contribution in [0.25, 0.3) is 0 Å². The lowest BCUT2D eigenvalue weighted by Gasteiger charge is -2.22. The number of aromatic nitrogens is 1. The molecule has 1 aliphatic heterocycles. The first-order valence-electron chi connectivity index (χ1n) is 9.53. The molecule has 25 heavy (non-hydrogen) atoms. The van der Waals surface area contributed by atoms with Crippen molar-refractivity contribution in [1.29, 1.82) is 0 Å². The van der Waals surface area contributed by atoms with E-state index in [1.165, 1.54) is 12.8 Å². The van der Waals surface area contributed by atoms with Gasteiger partial charge in [-0.3, -0.25) is 14.6 Å². The summed E-state index contributed by atoms with van der Waals surface area (Å²) in [6.45, 7) is 5.95. The van der Waals surface area contributed by atoms with Gasteiger partial charge in [-0.15, -0.1) is 0 Å².